The smallest absolute Gasteiger partial charge is 0.370 e. The Morgan fingerprint density at radius 3 is 2.60 bits per heavy atom. The van der Waals surface area contributed by atoms with Gasteiger partial charge in [-0.05, 0) is 26.8 Å². The van der Waals surface area contributed by atoms with Crippen molar-refractivity contribution in [1.29, 1.82) is 0 Å². The van der Waals surface area contributed by atoms with Gasteiger partial charge < -0.3 is 10.1 Å². The molecule has 1 rings (SSSR count). The van der Waals surface area contributed by atoms with Crippen LogP contribution in [0.15, 0.2) is 0 Å². The van der Waals surface area contributed by atoms with Gasteiger partial charge >= 0.3 is 6.18 Å². The van der Waals surface area contributed by atoms with Crippen molar-refractivity contribution >= 4 is 0 Å². The molecule has 0 bridgehead atoms. The second-order valence-electron chi connectivity index (χ2n) is 4.72. The van der Waals surface area contributed by atoms with Crippen molar-refractivity contribution < 1.29 is 17.9 Å². The molecule has 0 fully saturated rings. The van der Waals surface area contributed by atoms with Crippen molar-refractivity contribution in [3.8, 4) is 0 Å². The van der Waals surface area contributed by atoms with E-state index in [0.29, 0.717) is 6.54 Å². The minimum Gasteiger partial charge on any atom is -0.370 e. The number of nitrogens with zero attached hydrogens (tertiary/aromatic N) is 2. The van der Waals surface area contributed by atoms with E-state index in [1.807, 2.05) is 13.8 Å². The van der Waals surface area contributed by atoms with Crippen LogP contribution in [-0.2, 0) is 17.8 Å². The first kappa shape index (κ1) is 17.0. The molecule has 0 unspecified atom stereocenters. The predicted molar refractivity (Wildman–Crippen MR) is 70.6 cm³/mol. The summed E-state index contributed by atoms with van der Waals surface area (Å²) in [5, 5.41) is 7.64. The predicted octanol–water partition coefficient (Wildman–Crippen LogP) is 2.58. The summed E-state index contributed by atoms with van der Waals surface area (Å²) in [4.78, 5) is 0. The summed E-state index contributed by atoms with van der Waals surface area (Å²) in [6.45, 7) is 6.70. The van der Waals surface area contributed by atoms with Gasteiger partial charge in [-0.2, -0.15) is 18.3 Å². The van der Waals surface area contributed by atoms with Gasteiger partial charge in [-0.15, -0.1) is 0 Å². The van der Waals surface area contributed by atoms with Gasteiger partial charge in [0.15, 0.2) is 0 Å². The number of alkyl halides is 3. The van der Waals surface area contributed by atoms with Crippen molar-refractivity contribution in [2.45, 2.75) is 46.5 Å². The summed E-state index contributed by atoms with van der Waals surface area (Å²) in [6, 6.07) is 0. The molecule has 1 heterocycles. The molecule has 116 valence electrons. The van der Waals surface area contributed by atoms with Gasteiger partial charge in [-0.1, -0.05) is 6.92 Å². The van der Waals surface area contributed by atoms with Crippen LogP contribution in [0, 0.1) is 13.8 Å². The van der Waals surface area contributed by atoms with Crippen molar-refractivity contribution in [3.63, 3.8) is 0 Å². The number of hydrogen-bond acceptors (Lipinski definition) is 3. The summed E-state index contributed by atoms with van der Waals surface area (Å²) in [7, 11) is 0. The number of ether oxygens (including phenoxy) is 1. The summed E-state index contributed by atoms with van der Waals surface area (Å²) in [6.07, 6.45) is -3.22. The zero-order chi connectivity index (χ0) is 15.2. The fourth-order valence-corrected chi connectivity index (χ4v) is 1.94. The highest BCUT2D eigenvalue weighted by Crippen LogP contribution is 2.15. The number of nitrogens with one attached hydrogen (secondary N) is 1. The highest BCUT2D eigenvalue weighted by Gasteiger charge is 2.27. The Bertz CT molecular complexity index is 416. The van der Waals surface area contributed by atoms with Crippen LogP contribution in [0.1, 0.15) is 30.3 Å². The van der Waals surface area contributed by atoms with E-state index in [4.69, 9.17) is 0 Å². The van der Waals surface area contributed by atoms with E-state index < -0.39 is 12.8 Å². The van der Waals surface area contributed by atoms with Crippen molar-refractivity contribution in [2.24, 2.45) is 0 Å². The Morgan fingerprint density at radius 2 is 2.00 bits per heavy atom. The molecular weight excluding hydrogens is 271 g/mol. The van der Waals surface area contributed by atoms with Crippen LogP contribution in [-0.4, -0.2) is 35.7 Å². The molecule has 0 spiro atoms. The maximum atomic E-state index is 11.9. The molecule has 0 aliphatic rings. The van der Waals surface area contributed by atoms with E-state index in [-0.39, 0.29) is 6.61 Å². The molecule has 1 N–H and O–H groups in total. The van der Waals surface area contributed by atoms with Crippen LogP contribution >= 0.6 is 0 Å². The molecule has 1 aromatic rings. The lowest BCUT2D eigenvalue weighted by molar-refractivity contribution is -0.174. The Balaban J connectivity index is 2.48. The van der Waals surface area contributed by atoms with Crippen LogP contribution in [0.2, 0.25) is 0 Å². The second-order valence-corrected chi connectivity index (χ2v) is 4.72. The Labute approximate surface area is 117 Å². The zero-order valence-corrected chi connectivity index (χ0v) is 12.2. The van der Waals surface area contributed by atoms with Crippen LogP contribution in [0.25, 0.3) is 0 Å². The maximum Gasteiger partial charge on any atom is 0.411 e. The monoisotopic (exact) mass is 293 g/mol. The summed E-state index contributed by atoms with van der Waals surface area (Å²) in [5.74, 6) is 0. The average molecular weight is 293 g/mol. The Kier molecular flexibility index (Phi) is 6.48. The van der Waals surface area contributed by atoms with Crippen LogP contribution in [0.3, 0.4) is 0 Å². The van der Waals surface area contributed by atoms with E-state index in [2.05, 4.69) is 22.1 Å². The third-order valence-electron chi connectivity index (χ3n) is 2.97. The highest BCUT2D eigenvalue weighted by molar-refractivity contribution is 5.24. The standard InChI is InChI=1S/C13H22F3N3O/c1-4-5-17-8-12-10(2)18-19(11(12)3)6-7-20-9-13(14,15)16/h17H,4-9H2,1-3H3. The van der Waals surface area contributed by atoms with E-state index in [1.54, 1.807) is 4.68 Å². The van der Waals surface area contributed by atoms with Gasteiger partial charge in [0.2, 0.25) is 0 Å². The molecule has 1 aromatic heterocycles. The molecule has 20 heavy (non-hydrogen) atoms. The minimum atomic E-state index is -4.27. The van der Waals surface area contributed by atoms with E-state index >= 15 is 0 Å². The number of halogens is 3. The SMILES string of the molecule is CCCNCc1c(C)nn(CCOCC(F)(F)F)c1C. The summed E-state index contributed by atoms with van der Waals surface area (Å²) in [5.41, 5.74) is 2.98. The van der Waals surface area contributed by atoms with Gasteiger partial charge in [0, 0.05) is 17.8 Å². The van der Waals surface area contributed by atoms with Crippen molar-refractivity contribution in [3.05, 3.63) is 17.0 Å². The van der Waals surface area contributed by atoms with Crippen LogP contribution in [0.4, 0.5) is 13.2 Å². The Morgan fingerprint density at radius 1 is 1.30 bits per heavy atom. The lowest BCUT2D eigenvalue weighted by atomic mass is 10.2. The summed E-state index contributed by atoms with van der Waals surface area (Å²) >= 11 is 0. The first-order valence-corrected chi connectivity index (χ1v) is 6.73. The van der Waals surface area contributed by atoms with Crippen LogP contribution in [0.5, 0.6) is 0 Å². The molecule has 0 radical (unpaired) electrons. The minimum absolute atomic E-state index is 0.00327. The second kappa shape index (κ2) is 7.64. The average Bonchev–Trinajstić information content (AvgIpc) is 2.61. The molecule has 0 saturated carbocycles. The fourth-order valence-electron chi connectivity index (χ4n) is 1.94. The lowest BCUT2D eigenvalue weighted by Gasteiger charge is -2.09. The highest BCUT2D eigenvalue weighted by atomic mass is 19.4. The molecular formula is C13H22F3N3O. The molecule has 0 amide bonds. The molecule has 0 aliphatic carbocycles. The molecule has 4 nitrogen and oxygen atoms in total. The van der Waals surface area contributed by atoms with Gasteiger partial charge in [0.05, 0.1) is 18.8 Å². The molecule has 7 heteroatoms. The van der Waals surface area contributed by atoms with Crippen LogP contribution < -0.4 is 5.32 Å². The Hall–Kier alpha value is -1.08. The van der Waals surface area contributed by atoms with Crippen molar-refractivity contribution in [1.82, 2.24) is 15.1 Å². The number of aryl methyl sites for hydroxylation is 1. The first-order valence-electron chi connectivity index (χ1n) is 6.73. The van der Waals surface area contributed by atoms with Gasteiger partial charge in [-0.25, -0.2) is 0 Å². The number of hydrogen-bond donors (Lipinski definition) is 1. The fraction of sp³-hybridized carbons (Fsp3) is 0.769. The molecule has 0 aliphatic heterocycles. The molecule has 0 atom stereocenters. The molecule has 0 aromatic carbocycles. The van der Waals surface area contributed by atoms with Gasteiger partial charge in [0.1, 0.15) is 6.61 Å². The van der Waals surface area contributed by atoms with Gasteiger partial charge in [-0.3, -0.25) is 4.68 Å². The largest absolute Gasteiger partial charge is 0.411 e. The van der Waals surface area contributed by atoms with E-state index in [9.17, 15) is 13.2 Å². The third-order valence-corrected chi connectivity index (χ3v) is 2.97. The normalized spacial score (nSPS) is 12.1. The first-order chi connectivity index (χ1) is 9.35. The topological polar surface area (TPSA) is 39.1 Å². The van der Waals surface area contributed by atoms with E-state index in [0.717, 1.165) is 36.5 Å². The zero-order valence-electron chi connectivity index (χ0n) is 12.2. The number of aromatic nitrogens is 2. The maximum absolute atomic E-state index is 11.9. The number of rotatable bonds is 8. The van der Waals surface area contributed by atoms with E-state index in [1.165, 1.54) is 0 Å². The quantitative estimate of drug-likeness (QED) is 0.749. The van der Waals surface area contributed by atoms with Gasteiger partial charge in [0.25, 0.3) is 0 Å². The lowest BCUT2D eigenvalue weighted by Crippen LogP contribution is -2.19. The third kappa shape index (κ3) is 5.50. The summed E-state index contributed by atoms with van der Waals surface area (Å²) < 4.78 is 42.1. The molecule has 0 saturated heterocycles. The van der Waals surface area contributed by atoms with Crippen molar-refractivity contribution in [2.75, 3.05) is 19.8 Å².